The first-order valence-electron chi connectivity index (χ1n) is 3.94. The van der Waals surface area contributed by atoms with Gasteiger partial charge in [-0.05, 0) is 12.5 Å². The van der Waals surface area contributed by atoms with Gasteiger partial charge in [-0.2, -0.15) is 0 Å². The number of aldehydes is 1. The lowest BCUT2D eigenvalue weighted by Crippen LogP contribution is -2.08. The van der Waals surface area contributed by atoms with Crippen molar-refractivity contribution in [3.8, 4) is 0 Å². The minimum absolute atomic E-state index is 0.315. The molecule has 0 aliphatic carbocycles. The molecule has 1 rings (SSSR count). The predicted octanol–water partition coefficient (Wildman–Crippen LogP) is 1.79. The summed E-state index contributed by atoms with van der Waals surface area (Å²) in [7, 11) is 0. The number of rotatable bonds is 4. The summed E-state index contributed by atoms with van der Waals surface area (Å²) < 4.78 is 5.21. The van der Waals surface area contributed by atoms with Crippen LogP contribution in [0.15, 0.2) is 30.3 Å². The number of carbonyl (C=O) groups is 1. The van der Waals surface area contributed by atoms with E-state index in [-0.39, 0.29) is 6.10 Å². The zero-order valence-corrected chi connectivity index (χ0v) is 7.07. The summed E-state index contributed by atoms with van der Waals surface area (Å²) in [6.45, 7) is 2.23. The van der Waals surface area contributed by atoms with Crippen LogP contribution in [-0.4, -0.2) is 12.4 Å². The Morgan fingerprint density at radius 2 is 2.08 bits per heavy atom. The van der Waals surface area contributed by atoms with Crippen LogP contribution in [0.4, 0.5) is 0 Å². The summed E-state index contributed by atoms with van der Waals surface area (Å²) >= 11 is 0. The third kappa shape index (κ3) is 2.84. The molecular formula is C10H12O2. The van der Waals surface area contributed by atoms with Gasteiger partial charge in [0.05, 0.1) is 6.61 Å². The monoisotopic (exact) mass is 164 g/mol. The highest BCUT2D eigenvalue weighted by Gasteiger charge is 1.98. The minimum Gasteiger partial charge on any atom is -0.366 e. The molecule has 0 bridgehead atoms. The van der Waals surface area contributed by atoms with Crippen molar-refractivity contribution in [3.63, 3.8) is 0 Å². The Bertz CT molecular complexity index is 231. The summed E-state index contributed by atoms with van der Waals surface area (Å²) in [5.74, 6) is 0. The van der Waals surface area contributed by atoms with Crippen LogP contribution in [-0.2, 0) is 16.1 Å². The van der Waals surface area contributed by atoms with E-state index in [9.17, 15) is 4.79 Å². The predicted molar refractivity (Wildman–Crippen MR) is 46.8 cm³/mol. The molecular weight excluding hydrogens is 152 g/mol. The highest BCUT2D eigenvalue weighted by Crippen LogP contribution is 2.01. The SMILES string of the molecule is C[C@@H](C=O)OCc1ccccc1. The van der Waals surface area contributed by atoms with Gasteiger partial charge in [0, 0.05) is 0 Å². The molecule has 0 aliphatic rings. The van der Waals surface area contributed by atoms with Crippen LogP contribution in [0.25, 0.3) is 0 Å². The van der Waals surface area contributed by atoms with Crippen LogP contribution < -0.4 is 0 Å². The quantitative estimate of drug-likeness (QED) is 0.634. The lowest BCUT2D eigenvalue weighted by Gasteiger charge is -2.05. The number of carbonyl (C=O) groups excluding carboxylic acids is 1. The van der Waals surface area contributed by atoms with Gasteiger partial charge in [0.1, 0.15) is 12.4 Å². The standard InChI is InChI=1S/C10H12O2/c1-9(7-11)12-8-10-5-3-2-4-6-10/h2-7,9H,8H2,1H3/t9-/m0/s1. The molecule has 0 saturated carbocycles. The molecule has 0 fully saturated rings. The van der Waals surface area contributed by atoms with Crippen molar-refractivity contribution in [1.82, 2.24) is 0 Å². The summed E-state index contributed by atoms with van der Waals surface area (Å²) in [6, 6.07) is 9.79. The molecule has 0 saturated heterocycles. The van der Waals surface area contributed by atoms with Crippen LogP contribution >= 0.6 is 0 Å². The van der Waals surface area contributed by atoms with Gasteiger partial charge >= 0.3 is 0 Å². The van der Waals surface area contributed by atoms with E-state index < -0.39 is 0 Å². The Hall–Kier alpha value is -1.15. The molecule has 1 aromatic rings. The summed E-state index contributed by atoms with van der Waals surface area (Å²) in [4.78, 5) is 10.2. The van der Waals surface area contributed by atoms with Crippen molar-refractivity contribution in [2.45, 2.75) is 19.6 Å². The molecule has 1 atom stereocenters. The zero-order valence-electron chi connectivity index (χ0n) is 7.07. The van der Waals surface area contributed by atoms with Crippen LogP contribution in [0.1, 0.15) is 12.5 Å². The second-order valence-corrected chi connectivity index (χ2v) is 2.64. The Morgan fingerprint density at radius 3 is 2.67 bits per heavy atom. The van der Waals surface area contributed by atoms with Crippen molar-refractivity contribution in [3.05, 3.63) is 35.9 Å². The Labute approximate surface area is 72.2 Å². The van der Waals surface area contributed by atoms with Gasteiger partial charge in [-0.25, -0.2) is 0 Å². The second kappa shape index (κ2) is 4.67. The molecule has 12 heavy (non-hydrogen) atoms. The van der Waals surface area contributed by atoms with E-state index in [1.165, 1.54) is 0 Å². The van der Waals surface area contributed by atoms with E-state index in [1.807, 2.05) is 30.3 Å². The number of hydrogen-bond acceptors (Lipinski definition) is 2. The van der Waals surface area contributed by atoms with Gasteiger partial charge < -0.3 is 9.53 Å². The fourth-order valence-corrected chi connectivity index (χ4v) is 0.841. The molecule has 0 heterocycles. The molecule has 0 aromatic heterocycles. The molecule has 2 heteroatoms. The first-order valence-corrected chi connectivity index (χ1v) is 3.94. The number of hydrogen-bond donors (Lipinski definition) is 0. The zero-order chi connectivity index (χ0) is 8.81. The van der Waals surface area contributed by atoms with Crippen molar-refractivity contribution >= 4 is 6.29 Å². The molecule has 0 unspecified atom stereocenters. The van der Waals surface area contributed by atoms with E-state index in [1.54, 1.807) is 6.92 Å². The highest BCUT2D eigenvalue weighted by atomic mass is 16.5. The van der Waals surface area contributed by atoms with Gasteiger partial charge in [-0.3, -0.25) is 0 Å². The normalized spacial score (nSPS) is 12.4. The first kappa shape index (κ1) is 8.94. The maximum atomic E-state index is 10.2. The van der Waals surface area contributed by atoms with E-state index >= 15 is 0 Å². The highest BCUT2D eigenvalue weighted by molar-refractivity contribution is 5.55. The molecule has 0 amide bonds. The third-order valence-electron chi connectivity index (χ3n) is 1.55. The van der Waals surface area contributed by atoms with Crippen molar-refractivity contribution in [1.29, 1.82) is 0 Å². The van der Waals surface area contributed by atoms with Gasteiger partial charge in [0.15, 0.2) is 0 Å². The smallest absolute Gasteiger partial charge is 0.148 e. The fourth-order valence-electron chi connectivity index (χ4n) is 0.841. The maximum Gasteiger partial charge on any atom is 0.148 e. The van der Waals surface area contributed by atoms with Crippen LogP contribution in [0, 0.1) is 0 Å². The minimum atomic E-state index is -0.315. The summed E-state index contributed by atoms with van der Waals surface area (Å²) in [6.07, 6.45) is 0.480. The first-order chi connectivity index (χ1) is 5.83. The van der Waals surface area contributed by atoms with Crippen LogP contribution in [0.3, 0.4) is 0 Å². The van der Waals surface area contributed by atoms with Crippen molar-refractivity contribution in [2.24, 2.45) is 0 Å². The third-order valence-corrected chi connectivity index (χ3v) is 1.55. The van der Waals surface area contributed by atoms with Gasteiger partial charge in [0.2, 0.25) is 0 Å². The lowest BCUT2D eigenvalue weighted by atomic mass is 10.2. The number of ether oxygens (including phenoxy) is 1. The largest absolute Gasteiger partial charge is 0.366 e. The second-order valence-electron chi connectivity index (χ2n) is 2.64. The van der Waals surface area contributed by atoms with Gasteiger partial charge in [0.25, 0.3) is 0 Å². The molecule has 0 radical (unpaired) electrons. The van der Waals surface area contributed by atoms with E-state index in [4.69, 9.17) is 4.74 Å². The molecule has 1 aromatic carbocycles. The molecule has 2 nitrogen and oxygen atoms in total. The average molecular weight is 164 g/mol. The van der Waals surface area contributed by atoms with Crippen molar-refractivity contribution < 1.29 is 9.53 Å². The Balaban J connectivity index is 2.38. The molecule has 0 aliphatic heterocycles. The van der Waals surface area contributed by atoms with Crippen molar-refractivity contribution in [2.75, 3.05) is 0 Å². The van der Waals surface area contributed by atoms with Gasteiger partial charge in [-0.1, -0.05) is 30.3 Å². The average Bonchev–Trinajstić information content (AvgIpc) is 2.16. The lowest BCUT2D eigenvalue weighted by molar-refractivity contribution is -0.117. The van der Waals surface area contributed by atoms with E-state index in [2.05, 4.69) is 0 Å². The Kier molecular flexibility index (Phi) is 3.48. The molecule has 0 spiro atoms. The number of benzene rings is 1. The molecule has 0 N–H and O–H groups in total. The van der Waals surface area contributed by atoms with Crippen LogP contribution in [0.2, 0.25) is 0 Å². The topological polar surface area (TPSA) is 26.3 Å². The fraction of sp³-hybridized carbons (Fsp3) is 0.300. The van der Waals surface area contributed by atoms with Gasteiger partial charge in [-0.15, -0.1) is 0 Å². The van der Waals surface area contributed by atoms with Crippen LogP contribution in [0.5, 0.6) is 0 Å². The van der Waals surface area contributed by atoms with E-state index in [0.717, 1.165) is 11.8 Å². The van der Waals surface area contributed by atoms with E-state index in [0.29, 0.717) is 6.61 Å². The summed E-state index contributed by atoms with van der Waals surface area (Å²) in [5, 5.41) is 0. The Morgan fingerprint density at radius 1 is 1.42 bits per heavy atom. The maximum absolute atomic E-state index is 10.2. The molecule has 64 valence electrons. The summed E-state index contributed by atoms with van der Waals surface area (Å²) in [5.41, 5.74) is 1.09.